The molecule has 13 heteroatoms. The Morgan fingerprint density at radius 1 is 1.43 bits per heavy atom. The van der Waals surface area contributed by atoms with Crippen LogP contribution in [0.1, 0.15) is 13.8 Å². The molecule has 23 heavy (non-hydrogen) atoms. The van der Waals surface area contributed by atoms with Gasteiger partial charge in [0.15, 0.2) is 0 Å². The fourth-order valence-electron chi connectivity index (χ4n) is 1.69. The molecule has 2 aliphatic heterocycles. The molecule has 0 radical (unpaired) electrons. The first-order valence-electron chi connectivity index (χ1n) is 5.94. The van der Waals surface area contributed by atoms with Crippen molar-refractivity contribution in [2.45, 2.75) is 45.0 Å². The predicted octanol–water partition coefficient (Wildman–Crippen LogP) is -1.74. The van der Waals surface area contributed by atoms with Gasteiger partial charge in [0.2, 0.25) is 0 Å². The van der Waals surface area contributed by atoms with Crippen LogP contribution in [0.5, 0.6) is 0 Å². The number of halogens is 7. The Hall–Kier alpha value is 0.420. The van der Waals surface area contributed by atoms with E-state index in [1.54, 1.807) is 22.6 Å². The van der Waals surface area contributed by atoms with E-state index in [1.807, 2.05) is 0 Å². The molecule has 2 rings (SSSR count). The molecular formula is C10H11F5I2NO5-. The molecule has 0 spiro atoms. The van der Waals surface area contributed by atoms with Crippen LogP contribution in [0.4, 0.5) is 22.0 Å². The van der Waals surface area contributed by atoms with Crippen LogP contribution in [0.25, 0.3) is 0 Å². The van der Waals surface area contributed by atoms with Gasteiger partial charge in [0.1, 0.15) is 0 Å². The van der Waals surface area contributed by atoms with E-state index in [9.17, 15) is 31.9 Å². The monoisotopic (exact) mass is 574 g/mol. The van der Waals surface area contributed by atoms with Crippen LogP contribution in [-0.4, -0.2) is 49.0 Å². The van der Waals surface area contributed by atoms with E-state index < -0.39 is 61.3 Å². The van der Waals surface area contributed by atoms with Crippen molar-refractivity contribution in [3.8, 4) is 0 Å². The van der Waals surface area contributed by atoms with E-state index in [4.69, 9.17) is 0 Å². The van der Waals surface area contributed by atoms with Crippen molar-refractivity contribution in [1.29, 1.82) is 0 Å². The number of hydrogen-bond acceptors (Lipinski definition) is 6. The van der Waals surface area contributed by atoms with Gasteiger partial charge < -0.3 is 0 Å². The molecule has 2 aliphatic rings. The summed E-state index contributed by atoms with van der Waals surface area (Å²) in [5.41, 5.74) is 0. The van der Waals surface area contributed by atoms with Crippen LogP contribution < -0.4 is 25.0 Å². The van der Waals surface area contributed by atoms with Crippen LogP contribution in [0, 0.1) is 0 Å². The number of esters is 1. The van der Waals surface area contributed by atoms with E-state index >= 15 is 0 Å². The molecule has 2 heterocycles. The summed E-state index contributed by atoms with van der Waals surface area (Å²) < 4.78 is 81.1. The zero-order valence-corrected chi connectivity index (χ0v) is 15.8. The fraction of sp³-hybridized carbons (Fsp3) is 0.900. The standard InChI is InChI=1S/C10H11F5I2NO5/c1-6(16,4-17-18-4)5(19)23-7(2)8(11,12)9(20,10(13,14)15)22-3-21-7/h4,18,20H,3H2,1-2H3/q-1. The zero-order chi connectivity index (χ0) is 17.9. The van der Waals surface area contributed by atoms with Crippen LogP contribution in [-0.2, 0) is 19.0 Å². The molecule has 6 nitrogen and oxygen atoms in total. The number of ether oxygens (including phenoxy) is 3. The van der Waals surface area contributed by atoms with Gasteiger partial charge in [0.05, 0.1) is 0 Å². The Labute approximate surface area is 151 Å². The van der Waals surface area contributed by atoms with Crippen molar-refractivity contribution in [2.24, 2.45) is 0 Å². The molecule has 4 atom stereocenters. The Balaban J connectivity index is 2.31. The minimum atomic E-state index is -5.83. The maximum atomic E-state index is 14.3. The normalized spacial score (nSPS) is 39.8. The molecule has 2 fully saturated rings. The molecule has 4 unspecified atom stereocenters. The van der Waals surface area contributed by atoms with Crippen LogP contribution >= 0.6 is 22.6 Å². The SMILES string of the molecule is CC(I)(C(=O)OC1(C)OCOC(O)(C(F)(F)F)C1(F)F)C1N[I-]1. The number of aliphatic hydroxyl groups is 1. The third-order valence-electron chi connectivity index (χ3n) is 3.36. The average Bonchev–Trinajstić information content (AvgIpc) is 3.19. The van der Waals surface area contributed by atoms with Crippen molar-refractivity contribution >= 4 is 28.6 Å². The summed E-state index contributed by atoms with van der Waals surface area (Å²) in [5.74, 6) is -14.4. The van der Waals surface area contributed by atoms with E-state index in [1.165, 1.54) is 6.92 Å². The van der Waals surface area contributed by atoms with E-state index in [-0.39, 0.29) is 4.05 Å². The number of carbonyl (C=O) groups is 1. The molecule has 0 bridgehead atoms. The third kappa shape index (κ3) is 3.04. The Morgan fingerprint density at radius 3 is 2.39 bits per heavy atom. The molecule has 0 aromatic heterocycles. The third-order valence-corrected chi connectivity index (χ3v) is 8.11. The van der Waals surface area contributed by atoms with E-state index in [2.05, 4.69) is 17.7 Å². The second-order valence-electron chi connectivity index (χ2n) is 5.11. The molecule has 0 saturated carbocycles. The second kappa shape index (κ2) is 5.72. The summed E-state index contributed by atoms with van der Waals surface area (Å²) in [4.78, 5) is 12.1. The van der Waals surface area contributed by atoms with E-state index in [0.717, 1.165) is 0 Å². The quantitative estimate of drug-likeness (QED) is 0.0794. The molecule has 2 N–H and O–H groups in total. The van der Waals surface area contributed by atoms with Gasteiger partial charge in [-0.05, 0) is 0 Å². The first kappa shape index (κ1) is 19.7. The van der Waals surface area contributed by atoms with E-state index in [0.29, 0.717) is 6.92 Å². The van der Waals surface area contributed by atoms with Crippen molar-refractivity contribution in [1.82, 2.24) is 3.53 Å². The van der Waals surface area contributed by atoms with Gasteiger partial charge in [-0.1, -0.05) is 0 Å². The van der Waals surface area contributed by atoms with Gasteiger partial charge >= 0.3 is 151 Å². The maximum absolute atomic E-state index is 14.3. The number of rotatable bonds is 3. The van der Waals surface area contributed by atoms with Crippen LogP contribution in [0.2, 0.25) is 0 Å². The first-order chi connectivity index (χ1) is 10.2. The topological polar surface area (TPSA) is 86.9 Å². The summed E-state index contributed by atoms with van der Waals surface area (Å²) in [6, 6.07) is 0. The van der Waals surface area contributed by atoms with Crippen molar-refractivity contribution in [3.63, 3.8) is 0 Å². The van der Waals surface area contributed by atoms with Gasteiger partial charge in [-0.15, -0.1) is 0 Å². The summed E-state index contributed by atoms with van der Waals surface area (Å²) in [7, 11) is 0. The van der Waals surface area contributed by atoms with Crippen molar-refractivity contribution in [2.75, 3.05) is 6.79 Å². The molecule has 0 aliphatic carbocycles. The second-order valence-corrected chi connectivity index (χ2v) is 9.85. The zero-order valence-electron chi connectivity index (χ0n) is 11.5. The summed E-state index contributed by atoms with van der Waals surface area (Å²) in [6.07, 6.45) is -5.83. The Morgan fingerprint density at radius 2 is 1.96 bits per heavy atom. The van der Waals surface area contributed by atoms with Gasteiger partial charge in [-0.2, -0.15) is 0 Å². The number of alkyl halides is 7. The number of carbonyl (C=O) groups excluding carboxylic acids is 1. The first-order valence-corrected chi connectivity index (χ1v) is 9.34. The molecule has 136 valence electrons. The average molecular weight is 574 g/mol. The Kier molecular flexibility index (Phi) is 4.91. The molecule has 2 saturated heterocycles. The molecule has 0 amide bonds. The van der Waals surface area contributed by atoms with Crippen molar-refractivity contribution < 1.29 is 67.5 Å². The molecular weight excluding hydrogens is 563 g/mol. The van der Waals surface area contributed by atoms with Crippen molar-refractivity contribution in [3.05, 3.63) is 0 Å². The Bertz CT molecular complexity index is 514. The molecule has 0 aromatic carbocycles. The number of hydrogen-bond donors (Lipinski definition) is 2. The van der Waals surface area contributed by atoms with Crippen LogP contribution in [0.3, 0.4) is 0 Å². The van der Waals surface area contributed by atoms with Gasteiger partial charge in [0.25, 0.3) is 0 Å². The number of nitrogens with one attached hydrogen (secondary N) is 1. The minimum absolute atomic E-state index is 0.257. The fourth-order valence-corrected chi connectivity index (χ4v) is 4.98. The van der Waals surface area contributed by atoms with Gasteiger partial charge in [-0.3, -0.25) is 0 Å². The predicted molar refractivity (Wildman–Crippen MR) is 66.8 cm³/mol. The summed E-state index contributed by atoms with van der Waals surface area (Å²) in [5, 5.41) is 9.33. The molecule has 0 aromatic rings. The van der Waals surface area contributed by atoms with Gasteiger partial charge in [0, 0.05) is 0 Å². The van der Waals surface area contributed by atoms with Gasteiger partial charge in [-0.25, -0.2) is 0 Å². The summed E-state index contributed by atoms with van der Waals surface area (Å²) in [6.45, 7) is 0.519. The summed E-state index contributed by atoms with van der Waals surface area (Å²) >= 11 is 1.17. The van der Waals surface area contributed by atoms with Crippen LogP contribution in [0.15, 0.2) is 0 Å².